The van der Waals surface area contributed by atoms with E-state index in [1.807, 2.05) is 12.1 Å². The molecule has 3 rings (SSSR count). The second kappa shape index (κ2) is 4.52. The summed E-state index contributed by atoms with van der Waals surface area (Å²) in [7, 11) is 0. The molecule has 1 aromatic rings. The van der Waals surface area contributed by atoms with Crippen molar-refractivity contribution in [3.8, 4) is 0 Å². The van der Waals surface area contributed by atoms with Crippen LogP contribution in [0.3, 0.4) is 0 Å². The maximum absolute atomic E-state index is 9.81. The van der Waals surface area contributed by atoms with Crippen molar-refractivity contribution >= 4 is 5.82 Å². The van der Waals surface area contributed by atoms with Gasteiger partial charge in [0, 0.05) is 18.3 Å². The fraction of sp³-hybridized carbons (Fsp3) is 0.643. The highest BCUT2D eigenvalue weighted by molar-refractivity contribution is 5.46. The summed E-state index contributed by atoms with van der Waals surface area (Å²) in [5.41, 5.74) is 0.908. The van der Waals surface area contributed by atoms with Gasteiger partial charge in [0.25, 0.3) is 0 Å². The highest BCUT2D eigenvalue weighted by Crippen LogP contribution is 2.38. The Hall–Kier alpha value is -1.13. The molecule has 0 aliphatic carbocycles. The molecule has 0 amide bonds. The largest absolute Gasteiger partial charge is 0.393 e. The van der Waals surface area contributed by atoms with Gasteiger partial charge in [0.2, 0.25) is 0 Å². The first-order valence-corrected chi connectivity index (χ1v) is 6.75. The molecule has 4 nitrogen and oxygen atoms in total. The maximum atomic E-state index is 9.81. The van der Waals surface area contributed by atoms with Gasteiger partial charge in [-0.1, -0.05) is 0 Å². The van der Waals surface area contributed by atoms with E-state index in [-0.39, 0.29) is 6.10 Å². The van der Waals surface area contributed by atoms with Crippen LogP contribution in [0.2, 0.25) is 0 Å². The van der Waals surface area contributed by atoms with Crippen molar-refractivity contribution in [3.63, 3.8) is 0 Å². The van der Waals surface area contributed by atoms with Gasteiger partial charge in [0.15, 0.2) is 0 Å². The number of pyridine rings is 1. The van der Waals surface area contributed by atoms with Crippen LogP contribution in [0.4, 0.5) is 5.82 Å². The summed E-state index contributed by atoms with van der Waals surface area (Å²) in [6, 6.07) is 4.66. The number of fused-ring (bicyclic) bond motifs is 2. The Labute approximate surface area is 107 Å². The average molecular weight is 248 g/mol. The van der Waals surface area contributed by atoms with E-state index in [2.05, 4.69) is 9.88 Å². The standard InChI is InChI=1S/C14H20N2O2/c1-9(17)10-4-5-15-14(6-10)16-11-2-3-12(16)8-13(18)7-11/h4-6,9,11-13,17-18H,2-3,7-8H2,1H3/t9-,11?,12?,13?/m1/s1. The summed E-state index contributed by atoms with van der Waals surface area (Å²) in [5, 5.41) is 19.5. The van der Waals surface area contributed by atoms with Crippen molar-refractivity contribution in [2.45, 2.75) is 56.9 Å². The Morgan fingerprint density at radius 3 is 2.61 bits per heavy atom. The van der Waals surface area contributed by atoms with Gasteiger partial charge in [0.1, 0.15) is 5.82 Å². The number of aromatic nitrogens is 1. The third-order valence-corrected chi connectivity index (χ3v) is 4.22. The monoisotopic (exact) mass is 248 g/mol. The summed E-state index contributed by atoms with van der Waals surface area (Å²) in [6.07, 6.45) is 5.12. The summed E-state index contributed by atoms with van der Waals surface area (Å²) < 4.78 is 0. The average Bonchev–Trinajstić information content (AvgIpc) is 2.62. The van der Waals surface area contributed by atoms with E-state index in [0.29, 0.717) is 12.1 Å². The van der Waals surface area contributed by atoms with Crippen molar-refractivity contribution in [3.05, 3.63) is 23.9 Å². The van der Waals surface area contributed by atoms with Crippen LogP contribution in [0.25, 0.3) is 0 Å². The summed E-state index contributed by atoms with van der Waals surface area (Å²) in [6.45, 7) is 1.77. The zero-order chi connectivity index (χ0) is 12.7. The fourth-order valence-corrected chi connectivity index (χ4v) is 3.36. The van der Waals surface area contributed by atoms with Gasteiger partial charge in [-0.2, -0.15) is 0 Å². The van der Waals surface area contributed by atoms with E-state index in [1.54, 1.807) is 13.1 Å². The molecule has 2 aliphatic rings. The highest BCUT2D eigenvalue weighted by atomic mass is 16.3. The fourth-order valence-electron chi connectivity index (χ4n) is 3.36. The van der Waals surface area contributed by atoms with E-state index in [0.717, 1.165) is 37.1 Å². The molecule has 4 heteroatoms. The lowest BCUT2D eigenvalue weighted by Crippen LogP contribution is -2.45. The SMILES string of the molecule is C[C@@H](O)c1ccnc(N2C3CCC2CC(O)C3)c1. The van der Waals surface area contributed by atoms with Crippen LogP contribution < -0.4 is 4.90 Å². The first-order valence-electron chi connectivity index (χ1n) is 6.75. The van der Waals surface area contributed by atoms with Crippen molar-refractivity contribution in [1.82, 2.24) is 4.98 Å². The Bertz CT molecular complexity index is 422. The van der Waals surface area contributed by atoms with Gasteiger partial charge in [-0.25, -0.2) is 4.98 Å². The number of rotatable bonds is 2. The van der Waals surface area contributed by atoms with Crippen LogP contribution in [-0.2, 0) is 0 Å². The van der Waals surface area contributed by atoms with Crippen LogP contribution in [0.1, 0.15) is 44.3 Å². The third kappa shape index (κ3) is 1.99. The van der Waals surface area contributed by atoms with Gasteiger partial charge >= 0.3 is 0 Å². The number of aliphatic hydroxyl groups excluding tert-OH is 2. The first-order chi connectivity index (χ1) is 8.65. The molecule has 1 aromatic heterocycles. The summed E-state index contributed by atoms with van der Waals surface area (Å²) >= 11 is 0. The second-order valence-corrected chi connectivity index (χ2v) is 5.54. The molecule has 2 fully saturated rings. The number of anilines is 1. The molecule has 2 saturated heterocycles. The third-order valence-electron chi connectivity index (χ3n) is 4.22. The van der Waals surface area contributed by atoms with E-state index in [4.69, 9.17) is 0 Å². The number of nitrogens with zero attached hydrogens (tertiary/aromatic N) is 2. The summed E-state index contributed by atoms with van der Waals surface area (Å²) in [4.78, 5) is 6.79. The molecule has 0 saturated carbocycles. The smallest absolute Gasteiger partial charge is 0.129 e. The van der Waals surface area contributed by atoms with E-state index >= 15 is 0 Å². The number of piperidine rings is 1. The predicted octanol–water partition coefficient (Wildman–Crippen LogP) is 1.63. The molecule has 2 bridgehead atoms. The molecule has 98 valence electrons. The molecule has 0 spiro atoms. The van der Waals surface area contributed by atoms with E-state index in [9.17, 15) is 10.2 Å². The Morgan fingerprint density at radius 2 is 2.00 bits per heavy atom. The quantitative estimate of drug-likeness (QED) is 0.835. The minimum atomic E-state index is -0.459. The van der Waals surface area contributed by atoms with Crippen LogP contribution in [0.15, 0.2) is 18.3 Å². The number of hydrogen-bond donors (Lipinski definition) is 2. The Kier molecular flexibility index (Phi) is 2.99. The van der Waals surface area contributed by atoms with Gasteiger partial charge in [-0.3, -0.25) is 0 Å². The molecular weight excluding hydrogens is 228 g/mol. The van der Waals surface area contributed by atoms with E-state index in [1.165, 1.54) is 0 Å². The molecule has 0 aromatic carbocycles. The lowest BCUT2D eigenvalue weighted by Gasteiger charge is -2.38. The number of aliphatic hydroxyl groups is 2. The Balaban J connectivity index is 1.89. The van der Waals surface area contributed by atoms with Gasteiger partial charge < -0.3 is 15.1 Å². The molecule has 3 atom stereocenters. The molecular formula is C14H20N2O2. The first kappa shape index (κ1) is 11.9. The molecule has 3 heterocycles. The predicted molar refractivity (Wildman–Crippen MR) is 69.4 cm³/mol. The molecule has 2 aliphatic heterocycles. The highest BCUT2D eigenvalue weighted by Gasteiger charge is 2.40. The molecule has 18 heavy (non-hydrogen) atoms. The van der Waals surface area contributed by atoms with Crippen molar-refractivity contribution < 1.29 is 10.2 Å². The van der Waals surface area contributed by atoms with Gasteiger partial charge in [-0.05, 0) is 50.3 Å². The topological polar surface area (TPSA) is 56.6 Å². The van der Waals surface area contributed by atoms with Crippen LogP contribution in [-0.4, -0.2) is 33.4 Å². The van der Waals surface area contributed by atoms with Crippen LogP contribution in [0, 0.1) is 0 Å². The molecule has 2 unspecified atom stereocenters. The maximum Gasteiger partial charge on any atom is 0.129 e. The lowest BCUT2D eigenvalue weighted by atomic mass is 9.99. The zero-order valence-electron chi connectivity index (χ0n) is 10.7. The van der Waals surface area contributed by atoms with Gasteiger partial charge in [0.05, 0.1) is 12.2 Å². The second-order valence-electron chi connectivity index (χ2n) is 5.54. The van der Waals surface area contributed by atoms with E-state index < -0.39 is 6.10 Å². The van der Waals surface area contributed by atoms with Crippen molar-refractivity contribution in [1.29, 1.82) is 0 Å². The minimum absolute atomic E-state index is 0.154. The molecule has 0 radical (unpaired) electrons. The van der Waals surface area contributed by atoms with Crippen molar-refractivity contribution in [2.75, 3.05) is 4.90 Å². The number of hydrogen-bond acceptors (Lipinski definition) is 4. The minimum Gasteiger partial charge on any atom is -0.393 e. The lowest BCUT2D eigenvalue weighted by molar-refractivity contribution is 0.126. The zero-order valence-corrected chi connectivity index (χ0v) is 10.7. The van der Waals surface area contributed by atoms with Gasteiger partial charge in [-0.15, -0.1) is 0 Å². The van der Waals surface area contributed by atoms with Crippen LogP contribution in [0.5, 0.6) is 0 Å². The Morgan fingerprint density at radius 1 is 1.33 bits per heavy atom. The normalized spacial score (nSPS) is 32.6. The summed E-state index contributed by atoms with van der Waals surface area (Å²) in [5.74, 6) is 0.952. The van der Waals surface area contributed by atoms with Crippen LogP contribution >= 0.6 is 0 Å². The molecule has 2 N–H and O–H groups in total. The van der Waals surface area contributed by atoms with Crippen molar-refractivity contribution in [2.24, 2.45) is 0 Å².